The molecule has 6 aromatic rings. The number of halogens is 1. The first-order chi connectivity index (χ1) is 28.9. The van der Waals surface area contributed by atoms with Gasteiger partial charge in [-0.1, -0.05) is 97.0 Å². The maximum atomic E-state index is 13.2. The monoisotopic (exact) mass is 1090 g/mol. The van der Waals surface area contributed by atoms with Gasteiger partial charge in [0.05, 0.1) is 59.5 Å². The number of carbonyl (C=O) groups excluding carboxylic acids is 2. The Morgan fingerprint density at radius 2 is 1.24 bits per heavy atom. The number of H-pyrrole nitrogens is 1. The van der Waals surface area contributed by atoms with Gasteiger partial charge < -0.3 is 49.2 Å². The molecule has 18 heteroatoms. The first kappa shape index (κ1) is 67.9. The minimum absolute atomic E-state index is 0. The molecular formula is C49H65B2ClN4O9Y2-2. The van der Waals surface area contributed by atoms with Crippen LogP contribution in [0.15, 0.2) is 88.6 Å². The zero-order chi connectivity index (χ0) is 43.8. The molecule has 2 aromatic carbocycles. The smallest absolute Gasteiger partial charge is 0.309 e. The van der Waals surface area contributed by atoms with Gasteiger partial charge in [-0.15, -0.1) is 0 Å². The number of pyridine rings is 4. The van der Waals surface area contributed by atoms with Crippen molar-refractivity contribution in [3.05, 3.63) is 153 Å². The number of aromatic amines is 1. The number of benzene rings is 2. The van der Waals surface area contributed by atoms with E-state index in [0.717, 1.165) is 33.1 Å². The summed E-state index contributed by atoms with van der Waals surface area (Å²) in [6, 6.07) is 22.9. The van der Waals surface area contributed by atoms with Crippen molar-refractivity contribution in [1.82, 2.24) is 19.5 Å². The van der Waals surface area contributed by atoms with Crippen molar-refractivity contribution in [2.75, 3.05) is 0 Å². The van der Waals surface area contributed by atoms with Crippen LogP contribution in [0.2, 0.25) is 5.15 Å². The Morgan fingerprint density at radius 3 is 1.78 bits per heavy atom. The maximum Gasteiger partial charge on any atom is 0.309 e. The quantitative estimate of drug-likeness (QED) is 0.0573. The van der Waals surface area contributed by atoms with Crippen LogP contribution in [0.25, 0.3) is 33.2 Å². The fourth-order valence-electron chi connectivity index (χ4n) is 7.31. The van der Waals surface area contributed by atoms with Gasteiger partial charge in [0.1, 0.15) is 29.6 Å². The van der Waals surface area contributed by atoms with E-state index in [9.17, 15) is 29.4 Å². The molecule has 13 nitrogen and oxygen atoms in total. The van der Waals surface area contributed by atoms with Crippen LogP contribution < -0.4 is 11.1 Å². The van der Waals surface area contributed by atoms with E-state index < -0.39 is 23.1 Å². The van der Waals surface area contributed by atoms with Crippen LogP contribution in [0.4, 0.5) is 0 Å². The molecule has 0 spiro atoms. The number of nitrogens with one attached hydrogen (secondary N) is 1. The number of rotatable bonds is 3. The Kier molecular flexibility index (Phi) is 30.7. The van der Waals surface area contributed by atoms with E-state index in [-0.39, 0.29) is 151 Å². The predicted octanol–water partition coefficient (Wildman–Crippen LogP) is 8.58. The molecule has 67 heavy (non-hydrogen) atoms. The minimum atomic E-state index is -1.41. The van der Waals surface area contributed by atoms with Crippen molar-refractivity contribution in [2.24, 2.45) is 0 Å². The van der Waals surface area contributed by atoms with Gasteiger partial charge in [-0.3, -0.25) is 19.2 Å². The number of aliphatic hydroxyl groups excluding tert-OH is 1. The van der Waals surface area contributed by atoms with Crippen LogP contribution in [-0.2, 0) is 122 Å². The van der Waals surface area contributed by atoms with E-state index >= 15 is 0 Å². The molecule has 4 aromatic heterocycles. The van der Waals surface area contributed by atoms with Crippen molar-refractivity contribution in [1.29, 1.82) is 0 Å². The fourth-order valence-corrected chi connectivity index (χ4v) is 7.52. The average Bonchev–Trinajstić information content (AvgIpc) is 3.48. The van der Waals surface area contributed by atoms with Crippen molar-refractivity contribution in [3.63, 3.8) is 0 Å². The molecule has 356 valence electrons. The third kappa shape index (κ3) is 14.8. The van der Waals surface area contributed by atoms with Gasteiger partial charge >= 0.3 is 11.9 Å². The van der Waals surface area contributed by atoms with Crippen LogP contribution in [0.3, 0.4) is 0 Å². The van der Waals surface area contributed by atoms with Crippen molar-refractivity contribution >= 4 is 62.2 Å². The molecule has 7 heterocycles. The summed E-state index contributed by atoms with van der Waals surface area (Å²) in [5.41, 5.74) is 3.19. The fraction of sp³-hybridized carbons (Fsp3) is 0.347. The molecule has 0 bridgehead atoms. The summed E-state index contributed by atoms with van der Waals surface area (Å²) in [5.74, 6) is -0.982. The third-order valence-electron chi connectivity index (χ3n) is 10.6. The molecule has 0 amide bonds. The molecule has 2 atom stereocenters. The van der Waals surface area contributed by atoms with E-state index in [2.05, 4.69) is 16.0 Å². The molecule has 4 N–H and O–H groups in total. The summed E-state index contributed by atoms with van der Waals surface area (Å²) in [5, 5.41) is 32.8. The number of nitrogens with zero attached hydrogens (tertiary/aromatic N) is 3. The molecule has 3 aliphatic heterocycles. The summed E-state index contributed by atoms with van der Waals surface area (Å²) in [6.07, 6.45) is 1.88. The summed E-state index contributed by atoms with van der Waals surface area (Å²) in [7, 11) is 0. The molecular weight excluding hydrogens is 1020 g/mol. The van der Waals surface area contributed by atoms with Crippen molar-refractivity contribution in [3.8, 4) is 11.4 Å². The summed E-state index contributed by atoms with van der Waals surface area (Å²) in [4.78, 5) is 59.4. The van der Waals surface area contributed by atoms with Crippen LogP contribution in [0.5, 0.6) is 0 Å². The van der Waals surface area contributed by atoms with Gasteiger partial charge in [0.2, 0.25) is 0 Å². The maximum absolute atomic E-state index is 13.2. The van der Waals surface area contributed by atoms with Crippen molar-refractivity contribution < 1.29 is 103 Å². The second-order valence-corrected chi connectivity index (χ2v) is 14.3. The van der Waals surface area contributed by atoms with E-state index in [1.54, 1.807) is 24.5 Å². The van der Waals surface area contributed by atoms with E-state index in [0.29, 0.717) is 58.1 Å². The normalized spacial score (nSPS) is 16.4. The van der Waals surface area contributed by atoms with Gasteiger partial charge in [0, 0.05) is 113 Å². The number of fused-ring (bicyclic) bond motifs is 7. The Labute approximate surface area is 457 Å². The molecule has 8 radical (unpaired) electrons. The molecule has 0 saturated carbocycles. The Hall–Kier alpha value is -3.39. The molecule has 0 unspecified atom stereocenters. The number of hydrogen-bond donors (Lipinski definition) is 4. The topological polar surface area (TPSA) is 194 Å². The molecule has 0 saturated heterocycles. The molecule has 0 aliphatic carbocycles. The SMILES string of the molecule is C.CC.CC.CC[C@@]1(O)CC(=O)OCc2c1cc1n(c2=O)Cc2cc3ccccc3nc2-1.CC[C@@]1(O)CC(=O)OCc2c1cc[nH]c2=O.OCc1cc2ccccc2nc1Cl.[2HH].[2HH].[B].[B].[CH3-].[CH3-].[Y].[Y]. The standard InChI is InChI=1S/C21H18N2O4.C11H13NO4.C10H8ClNO.2C2H6.CH4.2CH3.2B.2Y.2H2/c1-2-21(26)9-18(24)27-11-14-15(21)8-17-19-13(10-23(17)20(14)25)7-12-5-3-4-6-16(12)22-19;1-2-11(15)5-9(13)16-6-7-8(11)3-4-12-10(7)14;11-10-8(6-13)5-7-3-1-2-4-9(7)12-10;2*1-2;;;;;;;;;/h3-8,26H,2,9-11H2,1H3;3-4,15H,2,5-6H2,1H3,(H,12,14);1-5,13H,6H2;2*1-2H3;1H4;2*1H3;;;;;2*1H/q;;;;;;2*-1;;;;;;/t21-;11-;;;;;;;;;;;;/m11............/s1/i;;;;;;;;;;;;2*1+1. The first-order valence-electron chi connectivity index (χ1n) is 20.2. The van der Waals surface area contributed by atoms with Gasteiger partial charge in [-0.25, -0.2) is 9.97 Å². The van der Waals surface area contributed by atoms with Crippen LogP contribution in [0.1, 0.15) is 111 Å². The number of para-hydroxylation sites is 2. The second-order valence-electron chi connectivity index (χ2n) is 13.9. The molecule has 9 rings (SSSR count). The van der Waals surface area contributed by atoms with E-state index in [4.69, 9.17) is 31.2 Å². The Balaban J connectivity index is -0.000000286. The zero-order valence-corrected chi connectivity index (χ0v) is 45.4. The van der Waals surface area contributed by atoms with Crippen molar-refractivity contribution in [2.45, 2.75) is 112 Å². The Morgan fingerprint density at radius 1 is 0.746 bits per heavy atom. The van der Waals surface area contributed by atoms with Gasteiger partial charge in [0.15, 0.2) is 0 Å². The van der Waals surface area contributed by atoms with E-state index in [1.165, 1.54) is 6.20 Å². The number of cyclic esters (lactones) is 2. The summed E-state index contributed by atoms with van der Waals surface area (Å²) in [6.45, 7) is 11.7. The van der Waals surface area contributed by atoms with Crippen LogP contribution >= 0.6 is 11.6 Å². The van der Waals surface area contributed by atoms with Crippen LogP contribution in [0, 0.1) is 14.9 Å². The summed E-state index contributed by atoms with van der Waals surface area (Å²) < 4.78 is 11.7. The minimum Gasteiger partial charge on any atom is -0.460 e. The number of esters is 2. The van der Waals surface area contributed by atoms with Gasteiger partial charge in [-0.05, 0) is 60.4 Å². The van der Waals surface area contributed by atoms with E-state index in [1.807, 2.05) is 88.4 Å². The summed E-state index contributed by atoms with van der Waals surface area (Å²) >= 11 is 5.83. The third-order valence-corrected chi connectivity index (χ3v) is 10.9. The van der Waals surface area contributed by atoms with Gasteiger partial charge in [-0.2, -0.15) is 0 Å². The Bertz CT molecular complexity index is 2680. The first-order valence-corrected chi connectivity index (χ1v) is 20.5. The molecule has 0 fully saturated rings. The largest absolute Gasteiger partial charge is 0.460 e. The number of hydrogen-bond acceptors (Lipinski definition) is 11. The second kappa shape index (κ2) is 30.3. The number of carbonyl (C=O) groups is 2. The molecule has 3 aliphatic rings. The predicted molar refractivity (Wildman–Crippen MR) is 265 cm³/mol. The zero-order valence-electron chi connectivity index (χ0n) is 39.0. The number of aliphatic hydroxyl groups is 3. The number of ether oxygens (including phenoxy) is 2. The van der Waals surface area contributed by atoms with Crippen LogP contribution in [-0.4, -0.2) is 63.6 Å². The number of aromatic nitrogens is 4. The average molecular weight is 1090 g/mol. The van der Waals surface area contributed by atoms with Gasteiger partial charge in [0.25, 0.3) is 11.1 Å².